The molecule has 2 aromatic carbocycles. The van der Waals surface area contributed by atoms with Crippen LogP contribution in [0.15, 0.2) is 47.0 Å². The van der Waals surface area contributed by atoms with E-state index < -0.39 is 0 Å². The van der Waals surface area contributed by atoms with Gasteiger partial charge < -0.3 is 14.6 Å². The molecule has 4 heteroatoms. The number of methoxy groups -OCH3 is 1. The second-order valence-electron chi connectivity index (χ2n) is 5.00. The minimum absolute atomic E-state index is 0.670. The number of nitrogens with one attached hydrogen (secondary N) is 1. The highest BCUT2D eigenvalue weighted by Crippen LogP contribution is 2.27. The molecule has 3 aromatic rings. The van der Waals surface area contributed by atoms with Gasteiger partial charge in [0.05, 0.1) is 12.8 Å². The standard InChI is InChI=1S/C17H18N2O2/c1-12-9-14(19-21-12)10-18-11-16-15-6-4-3-5-13(15)7-8-17(16)20-2/h3-9,18H,10-11H2,1-2H3. The molecule has 0 aliphatic carbocycles. The third-order valence-corrected chi connectivity index (χ3v) is 3.50. The molecule has 108 valence electrons. The minimum atomic E-state index is 0.670. The predicted molar refractivity (Wildman–Crippen MR) is 82.3 cm³/mol. The summed E-state index contributed by atoms with van der Waals surface area (Å²) in [4.78, 5) is 0. The summed E-state index contributed by atoms with van der Waals surface area (Å²) in [5, 5.41) is 9.80. The molecule has 0 saturated carbocycles. The lowest BCUT2D eigenvalue weighted by Crippen LogP contribution is -2.14. The van der Waals surface area contributed by atoms with Crippen molar-refractivity contribution in [3.8, 4) is 5.75 Å². The molecule has 0 radical (unpaired) electrons. The zero-order chi connectivity index (χ0) is 14.7. The second-order valence-corrected chi connectivity index (χ2v) is 5.00. The molecule has 0 unspecified atom stereocenters. The summed E-state index contributed by atoms with van der Waals surface area (Å²) in [5.41, 5.74) is 2.07. The molecule has 1 heterocycles. The first-order chi connectivity index (χ1) is 10.3. The highest BCUT2D eigenvalue weighted by atomic mass is 16.5. The number of aromatic nitrogens is 1. The molecule has 1 N–H and O–H groups in total. The topological polar surface area (TPSA) is 47.3 Å². The van der Waals surface area contributed by atoms with Crippen LogP contribution in [0.1, 0.15) is 17.0 Å². The van der Waals surface area contributed by atoms with Crippen molar-refractivity contribution in [2.24, 2.45) is 0 Å². The van der Waals surface area contributed by atoms with Crippen LogP contribution in [0.3, 0.4) is 0 Å². The first-order valence-corrected chi connectivity index (χ1v) is 6.95. The number of benzene rings is 2. The molecule has 0 bridgehead atoms. The fourth-order valence-electron chi connectivity index (χ4n) is 2.51. The third kappa shape index (κ3) is 2.90. The van der Waals surface area contributed by atoms with E-state index in [9.17, 15) is 0 Å². The molecular weight excluding hydrogens is 264 g/mol. The predicted octanol–water partition coefficient (Wildman–Crippen LogP) is 3.43. The van der Waals surface area contributed by atoms with E-state index in [-0.39, 0.29) is 0 Å². The van der Waals surface area contributed by atoms with Gasteiger partial charge >= 0.3 is 0 Å². The summed E-state index contributed by atoms with van der Waals surface area (Å²) in [7, 11) is 1.70. The van der Waals surface area contributed by atoms with Crippen molar-refractivity contribution in [2.45, 2.75) is 20.0 Å². The van der Waals surface area contributed by atoms with Gasteiger partial charge in [-0.25, -0.2) is 0 Å². The van der Waals surface area contributed by atoms with E-state index >= 15 is 0 Å². The van der Waals surface area contributed by atoms with Gasteiger partial charge in [0.25, 0.3) is 0 Å². The lowest BCUT2D eigenvalue weighted by molar-refractivity contribution is 0.387. The third-order valence-electron chi connectivity index (χ3n) is 3.50. The first kappa shape index (κ1) is 13.6. The van der Waals surface area contributed by atoms with Gasteiger partial charge in [0, 0.05) is 24.7 Å². The molecule has 0 amide bonds. The summed E-state index contributed by atoms with van der Waals surface area (Å²) in [6.45, 7) is 3.28. The number of hydrogen-bond acceptors (Lipinski definition) is 4. The van der Waals surface area contributed by atoms with E-state index in [1.165, 1.54) is 10.8 Å². The largest absolute Gasteiger partial charge is 0.496 e. The quantitative estimate of drug-likeness (QED) is 0.778. The zero-order valence-corrected chi connectivity index (χ0v) is 12.2. The Kier molecular flexibility index (Phi) is 3.88. The van der Waals surface area contributed by atoms with E-state index in [2.05, 4.69) is 28.7 Å². The number of nitrogens with zero attached hydrogens (tertiary/aromatic N) is 1. The smallest absolute Gasteiger partial charge is 0.133 e. The van der Waals surface area contributed by atoms with Crippen molar-refractivity contribution in [3.05, 3.63) is 59.5 Å². The van der Waals surface area contributed by atoms with Crippen LogP contribution in [0.5, 0.6) is 5.75 Å². The maximum absolute atomic E-state index is 5.49. The molecule has 3 rings (SSSR count). The fraction of sp³-hybridized carbons (Fsp3) is 0.235. The van der Waals surface area contributed by atoms with E-state index in [0.717, 1.165) is 29.3 Å². The minimum Gasteiger partial charge on any atom is -0.496 e. The second kappa shape index (κ2) is 5.97. The first-order valence-electron chi connectivity index (χ1n) is 6.95. The molecule has 0 atom stereocenters. The van der Waals surface area contributed by atoms with Gasteiger partial charge in [-0.15, -0.1) is 0 Å². The molecule has 0 aliphatic rings. The highest BCUT2D eigenvalue weighted by Gasteiger charge is 2.08. The summed E-state index contributed by atoms with van der Waals surface area (Å²) in [6.07, 6.45) is 0. The van der Waals surface area contributed by atoms with Crippen molar-refractivity contribution in [1.82, 2.24) is 10.5 Å². The Morgan fingerprint density at radius 3 is 2.76 bits per heavy atom. The van der Waals surface area contributed by atoms with Crippen LogP contribution in [-0.2, 0) is 13.1 Å². The monoisotopic (exact) mass is 282 g/mol. The summed E-state index contributed by atoms with van der Waals surface area (Å²) < 4.78 is 10.6. The molecule has 0 spiro atoms. The molecule has 0 aliphatic heterocycles. The molecular formula is C17H18N2O2. The summed E-state index contributed by atoms with van der Waals surface area (Å²) in [6, 6.07) is 14.4. The molecule has 0 fully saturated rings. The van der Waals surface area contributed by atoms with Crippen LogP contribution in [0.4, 0.5) is 0 Å². The fourth-order valence-corrected chi connectivity index (χ4v) is 2.51. The van der Waals surface area contributed by atoms with Crippen molar-refractivity contribution in [1.29, 1.82) is 0 Å². The van der Waals surface area contributed by atoms with Gasteiger partial charge in [0.2, 0.25) is 0 Å². The van der Waals surface area contributed by atoms with Crippen LogP contribution in [-0.4, -0.2) is 12.3 Å². The molecule has 21 heavy (non-hydrogen) atoms. The molecule has 4 nitrogen and oxygen atoms in total. The van der Waals surface area contributed by atoms with Crippen LogP contribution in [0.2, 0.25) is 0 Å². The average molecular weight is 282 g/mol. The number of hydrogen-bond donors (Lipinski definition) is 1. The lowest BCUT2D eigenvalue weighted by Gasteiger charge is -2.12. The van der Waals surface area contributed by atoms with E-state index in [0.29, 0.717) is 6.54 Å². The maximum atomic E-state index is 5.49. The van der Waals surface area contributed by atoms with Crippen molar-refractivity contribution in [3.63, 3.8) is 0 Å². The maximum Gasteiger partial charge on any atom is 0.133 e. The Morgan fingerprint density at radius 2 is 2.00 bits per heavy atom. The number of rotatable bonds is 5. The van der Waals surface area contributed by atoms with Gasteiger partial charge in [-0.05, 0) is 23.8 Å². The number of ether oxygens (including phenoxy) is 1. The van der Waals surface area contributed by atoms with Gasteiger partial charge in [-0.2, -0.15) is 0 Å². The van der Waals surface area contributed by atoms with Crippen LogP contribution in [0, 0.1) is 6.92 Å². The van der Waals surface area contributed by atoms with Crippen LogP contribution >= 0.6 is 0 Å². The van der Waals surface area contributed by atoms with Crippen molar-refractivity contribution < 1.29 is 9.26 Å². The Morgan fingerprint density at radius 1 is 1.14 bits per heavy atom. The van der Waals surface area contributed by atoms with Crippen LogP contribution in [0.25, 0.3) is 10.8 Å². The Bertz CT molecular complexity index is 749. The zero-order valence-electron chi connectivity index (χ0n) is 12.2. The number of aryl methyl sites for hydroxylation is 1. The average Bonchev–Trinajstić information content (AvgIpc) is 2.93. The SMILES string of the molecule is COc1ccc2ccccc2c1CNCc1cc(C)on1. The number of fused-ring (bicyclic) bond motifs is 1. The van der Waals surface area contributed by atoms with Crippen molar-refractivity contribution in [2.75, 3.05) is 7.11 Å². The van der Waals surface area contributed by atoms with Gasteiger partial charge in [0.1, 0.15) is 11.5 Å². The Balaban J connectivity index is 1.81. The van der Waals surface area contributed by atoms with E-state index in [4.69, 9.17) is 9.26 Å². The Hall–Kier alpha value is -2.33. The lowest BCUT2D eigenvalue weighted by atomic mass is 10.0. The van der Waals surface area contributed by atoms with E-state index in [1.54, 1.807) is 7.11 Å². The summed E-state index contributed by atoms with van der Waals surface area (Å²) >= 11 is 0. The summed E-state index contributed by atoms with van der Waals surface area (Å²) in [5.74, 6) is 1.73. The van der Waals surface area contributed by atoms with Crippen LogP contribution < -0.4 is 10.1 Å². The van der Waals surface area contributed by atoms with Gasteiger partial charge in [0.15, 0.2) is 0 Å². The van der Waals surface area contributed by atoms with Gasteiger partial charge in [-0.3, -0.25) is 0 Å². The normalized spacial score (nSPS) is 11.0. The van der Waals surface area contributed by atoms with Crippen molar-refractivity contribution >= 4 is 10.8 Å². The molecule has 0 saturated heterocycles. The Labute approximate surface area is 123 Å². The highest BCUT2D eigenvalue weighted by molar-refractivity contribution is 5.87. The molecule has 1 aromatic heterocycles. The van der Waals surface area contributed by atoms with Gasteiger partial charge in [-0.1, -0.05) is 35.5 Å². The van der Waals surface area contributed by atoms with E-state index in [1.807, 2.05) is 31.2 Å².